The van der Waals surface area contributed by atoms with Crippen molar-refractivity contribution in [2.45, 2.75) is 44.9 Å². The van der Waals surface area contributed by atoms with Gasteiger partial charge in [-0.1, -0.05) is 159 Å². The molecule has 1 heterocycles. The molecule has 3 heteroatoms. The van der Waals surface area contributed by atoms with Gasteiger partial charge in [-0.3, -0.25) is 0 Å². The van der Waals surface area contributed by atoms with E-state index in [9.17, 15) is 0 Å². The zero-order valence-electron chi connectivity index (χ0n) is 34.6. The molecule has 3 nitrogen and oxygen atoms in total. The summed E-state index contributed by atoms with van der Waals surface area (Å²) in [6.45, 7) is 5.08. The van der Waals surface area contributed by atoms with E-state index in [-0.39, 0.29) is 5.41 Å². The van der Waals surface area contributed by atoms with Gasteiger partial charge in [0.05, 0.1) is 0 Å². The fraction of sp³-hybridized carbons (Fsp3) is 0.190. The Bertz CT molecular complexity index is 3400. The van der Waals surface area contributed by atoms with Crippen molar-refractivity contribution in [1.82, 2.24) is 15.0 Å². The maximum absolute atomic E-state index is 5.43. The quantitative estimate of drug-likeness (QED) is 0.168. The van der Waals surface area contributed by atoms with Crippen molar-refractivity contribution in [2.75, 3.05) is 0 Å². The molecule has 2 fully saturated rings. The largest absolute Gasteiger partial charge is 0.208 e. The van der Waals surface area contributed by atoms with Crippen molar-refractivity contribution >= 4 is 53.9 Å². The average Bonchev–Trinajstić information content (AvgIpc) is 3.60. The van der Waals surface area contributed by atoms with Crippen molar-refractivity contribution in [3.8, 4) is 45.3 Å². The highest BCUT2D eigenvalue weighted by atomic mass is 15.0. The highest BCUT2D eigenvalue weighted by Crippen LogP contribution is 2.66. The van der Waals surface area contributed by atoms with Gasteiger partial charge in [-0.05, 0) is 144 Å². The Morgan fingerprint density at radius 3 is 1.82 bits per heavy atom. The summed E-state index contributed by atoms with van der Waals surface area (Å²) in [5.41, 5.74) is 8.86. The van der Waals surface area contributed by atoms with Gasteiger partial charge >= 0.3 is 0 Å². The topological polar surface area (TPSA) is 38.7 Å². The molecule has 1 spiro atoms. The predicted molar refractivity (Wildman–Crippen MR) is 254 cm³/mol. The van der Waals surface area contributed by atoms with Gasteiger partial charge in [-0.2, -0.15) is 0 Å². The number of hydrogen-bond donors (Lipinski definition) is 0. The molecule has 2 bridgehead atoms. The second kappa shape index (κ2) is 13.1. The molecule has 3 aliphatic carbocycles. The molecule has 2 saturated carbocycles. The lowest BCUT2D eigenvalue weighted by molar-refractivity contribution is 0.0434. The van der Waals surface area contributed by atoms with Crippen LogP contribution in [0.2, 0.25) is 0 Å². The molecular weight excluding hydrogens is 739 g/mol. The summed E-state index contributed by atoms with van der Waals surface area (Å²) in [7, 11) is 0. The van der Waals surface area contributed by atoms with Crippen LogP contribution in [0.25, 0.3) is 99.2 Å². The smallest absolute Gasteiger partial charge is 0.164 e. The van der Waals surface area contributed by atoms with E-state index in [0.29, 0.717) is 29.3 Å². The molecule has 5 atom stereocenters. The first kappa shape index (κ1) is 35.1. The van der Waals surface area contributed by atoms with Crippen molar-refractivity contribution in [2.24, 2.45) is 23.7 Å². The van der Waals surface area contributed by atoms with Gasteiger partial charge < -0.3 is 0 Å². The monoisotopic (exact) mass is 783 g/mol. The Morgan fingerprint density at radius 2 is 1.05 bits per heavy atom. The average molecular weight is 784 g/mol. The summed E-state index contributed by atoms with van der Waals surface area (Å²) >= 11 is 0. The number of rotatable bonds is 3. The first-order valence-electron chi connectivity index (χ1n) is 22.3. The normalized spacial score (nSPS) is 21.7. The Balaban J connectivity index is 1.06. The second-order valence-corrected chi connectivity index (χ2v) is 18.5. The third kappa shape index (κ3) is 5.07. The van der Waals surface area contributed by atoms with E-state index in [4.69, 9.17) is 15.0 Å². The van der Waals surface area contributed by atoms with E-state index in [0.717, 1.165) is 28.5 Å². The zero-order valence-corrected chi connectivity index (χ0v) is 34.6. The molecule has 3 aliphatic rings. The predicted octanol–water partition coefficient (Wildman–Crippen LogP) is 15.0. The minimum Gasteiger partial charge on any atom is -0.208 e. The SMILES string of the molecule is CC1CC2CC(C)C3(c4cc5c(-c6nc(-c7ccccc7)nc(-c7ccc8c9ccccc9c9ccccc9c8c7)n6)cccc5cc4-c4ccc5ccccc5c43)C(C1)C2. The Morgan fingerprint density at radius 1 is 0.410 bits per heavy atom. The molecule has 61 heavy (non-hydrogen) atoms. The second-order valence-electron chi connectivity index (χ2n) is 18.5. The first-order chi connectivity index (χ1) is 30.0. The lowest BCUT2D eigenvalue weighted by Gasteiger charge is -2.54. The Labute approximate surface area is 356 Å². The third-order valence-electron chi connectivity index (χ3n) is 15.2. The van der Waals surface area contributed by atoms with Gasteiger partial charge in [0.15, 0.2) is 17.5 Å². The zero-order chi connectivity index (χ0) is 40.4. The van der Waals surface area contributed by atoms with E-state index < -0.39 is 0 Å². The summed E-state index contributed by atoms with van der Waals surface area (Å²) in [5.74, 6) is 4.72. The van der Waals surface area contributed by atoms with Crippen LogP contribution in [0.3, 0.4) is 0 Å². The fourth-order valence-electron chi connectivity index (χ4n) is 12.9. The highest BCUT2D eigenvalue weighted by Gasteiger charge is 2.57. The van der Waals surface area contributed by atoms with Gasteiger partial charge in [0, 0.05) is 22.1 Å². The maximum Gasteiger partial charge on any atom is 0.164 e. The number of aromatic nitrogens is 3. The van der Waals surface area contributed by atoms with Crippen LogP contribution in [0.5, 0.6) is 0 Å². The van der Waals surface area contributed by atoms with Crippen molar-refractivity contribution in [3.63, 3.8) is 0 Å². The van der Waals surface area contributed by atoms with E-state index in [1.165, 1.54) is 96.2 Å². The Hall–Kier alpha value is -6.71. The summed E-state index contributed by atoms with van der Waals surface area (Å²) in [5, 5.41) is 12.7. The molecule has 1 aromatic heterocycles. The van der Waals surface area contributed by atoms with E-state index >= 15 is 0 Å². The van der Waals surface area contributed by atoms with Crippen LogP contribution in [-0.4, -0.2) is 15.0 Å². The van der Waals surface area contributed by atoms with E-state index in [2.05, 4.69) is 178 Å². The van der Waals surface area contributed by atoms with Crippen molar-refractivity contribution < 1.29 is 0 Å². The minimum atomic E-state index is -0.0600. The van der Waals surface area contributed by atoms with Crippen molar-refractivity contribution in [1.29, 1.82) is 0 Å². The summed E-state index contributed by atoms with van der Waals surface area (Å²) in [4.78, 5) is 16.0. The van der Waals surface area contributed by atoms with Gasteiger partial charge in [0.2, 0.25) is 0 Å². The third-order valence-corrected chi connectivity index (χ3v) is 15.2. The number of hydrogen-bond acceptors (Lipinski definition) is 3. The molecule has 9 aromatic carbocycles. The highest BCUT2D eigenvalue weighted by molar-refractivity contribution is 6.25. The van der Waals surface area contributed by atoms with Crippen LogP contribution in [0.15, 0.2) is 164 Å². The number of nitrogens with zero attached hydrogens (tertiary/aromatic N) is 3. The first-order valence-corrected chi connectivity index (χ1v) is 22.3. The molecule has 0 aliphatic heterocycles. The van der Waals surface area contributed by atoms with Crippen LogP contribution in [0.4, 0.5) is 0 Å². The molecule has 13 rings (SSSR count). The lowest BCUT2D eigenvalue weighted by Crippen LogP contribution is -2.49. The van der Waals surface area contributed by atoms with Crippen molar-refractivity contribution in [3.05, 3.63) is 175 Å². The van der Waals surface area contributed by atoms with Crippen LogP contribution >= 0.6 is 0 Å². The van der Waals surface area contributed by atoms with Gasteiger partial charge in [-0.15, -0.1) is 0 Å². The molecule has 0 saturated heterocycles. The molecule has 0 N–H and O–H groups in total. The summed E-state index contributed by atoms with van der Waals surface area (Å²) < 4.78 is 0. The standard InChI is InChI=1S/C58H45N3/c1-34-27-36-29-35(2)58(41(28-34)30-36)53-33-50-39(31-52(53)48-26-23-37-13-6-7-17-42(37)54(48)58)16-12-22-49(50)57-60-55(38-14-4-3-5-15-38)59-56(61-57)40-24-25-47-45-20-9-8-18-43(45)44-19-10-11-21-46(44)51(47)32-40/h3-26,31-36,41H,27-30H2,1-2H3. The maximum atomic E-state index is 5.43. The fourth-order valence-corrected chi connectivity index (χ4v) is 12.9. The minimum absolute atomic E-state index is 0.0600. The van der Waals surface area contributed by atoms with E-state index in [1.54, 1.807) is 5.56 Å². The molecule has 0 radical (unpaired) electrons. The molecular formula is C58H45N3. The molecule has 10 aromatic rings. The Kier molecular flexibility index (Phi) is 7.56. The van der Waals surface area contributed by atoms with Gasteiger partial charge in [-0.25, -0.2) is 15.0 Å². The van der Waals surface area contributed by atoms with Crippen LogP contribution in [0, 0.1) is 23.7 Å². The molecule has 0 amide bonds. The van der Waals surface area contributed by atoms with Gasteiger partial charge in [0.1, 0.15) is 0 Å². The van der Waals surface area contributed by atoms with Crippen LogP contribution in [-0.2, 0) is 5.41 Å². The number of benzene rings is 9. The van der Waals surface area contributed by atoms with Crippen LogP contribution in [0.1, 0.15) is 50.7 Å². The van der Waals surface area contributed by atoms with Gasteiger partial charge in [0.25, 0.3) is 0 Å². The summed E-state index contributed by atoms with van der Waals surface area (Å²) in [6.07, 6.45) is 5.22. The van der Waals surface area contributed by atoms with Crippen LogP contribution < -0.4 is 0 Å². The van der Waals surface area contributed by atoms with E-state index in [1.807, 2.05) is 0 Å². The molecule has 292 valence electrons. The lowest BCUT2D eigenvalue weighted by atomic mass is 9.49. The summed E-state index contributed by atoms with van der Waals surface area (Å²) in [6, 6.07) is 60.4. The number of fused-ring (bicyclic) bond motifs is 17. The molecule has 5 unspecified atom stereocenters.